The maximum atomic E-state index is 12.1. The number of unbranched alkanes of at least 4 members (excludes halogenated alkanes) is 1. The fourth-order valence-electron chi connectivity index (χ4n) is 3.53. The molecule has 0 spiro atoms. The molecule has 0 radical (unpaired) electrons. The van der Waals surface area contributed by atoms with Crippen molar-refractivity contribution >= 4 is 6.03 Å². The molecule has 0 bridgehead atoms. The van der Waals surface area contributed by atoms with E-state index in [0.717, 1.165) is 71.4 Å². The highest BCUT2D eigenvalue weighted by Gasteiger charge is 2.27. The highest BCUT2D eigenvalue weighted by atomic mass is 16.3. The van der Waals surface area contributed by atoms with Crippen molar-refractivity contribution in [3.63, 3.8) is 0 Å². The Labute approximate surface area is 140 Å². The molecule has 2 unspecified atom stereocenters. The SMILES string of the molecule is CN1CCN(CCCCNC(=O)N(C)CC2CCCC2O)CC1. The van der Waals surface area contributed by atoms with Crippen LogP contribution in [0.25, 0.3) is 0 Å². The minimum Gasteiger partial charge on any atom is -0.393 e. The number of amides is 2. The molecule has 0 aromatic rings. The number of likely N-dealkylation sites (N-methyl/N-ethyl adjacent to an activating group) is 1. The largest absolute Gasteiger partial charge is 0.393 e. The van der Waals surface area contributed by atoms with Crippen LogP contribution < -0.4 is 5.32 Å². The average molecular weight is 326 g/mol. The summed E-state index contributed by atoms with van der Waals surface area (Å²) in [7, 11) is 4.00. The molecule has 2 N–H and O–H groups in total. The number of carbonyl (C=O) groups is 1. The van der Waals surface area contributed by atoms with Gasteiger partial charge in [0.25, 0.3) is 0 Å². The van der Waals surface area contributed by atoms with E-state index < -0.39 is 0 Å². The van der Waals surface area contributed by atoms with Crippen molar-refractivity contribution in [2.45, 2.75) is 38.2 Å². The fraction of sp³-hybridized carbons (Fsp3) is 0.941. The molecule has 1 saturated heterocycles. The van der Waals surface area contributed by atoms with Crippen molar-refractivity contribution in [1.29, 1.82) is 0 Å². The Morgan fingerprint density at radius 1 is 1.22 bits per heavy atom. The van der Waals surface area contributed by atoms with Gasteiger partial charge in [-0.25, -0.2) is 4.79 Å². The van der Waals surface area contributed by atoms with E-state index in [1.165, 1.54) is 0 Å². The molecule has 2 rings (SSSR count). The second-order valence-electron chi connectivity index (χ2n) is 7.22. The van der Waals surface area contributed by atoms with Crippen LogP contribution in [0.5, 0.6) is 0 Å². The van der Waals surface area contributed by atoms with Crippen LogP contribution in [0.1, 0.15) is 32.1 Å². The second-order valence-corrected chi connectivity index (χ2v) is 7.22. The molecule has 0 aromatic carbocycles. The normalized spacial score (nSPS) is 26.4. The van der Waals surface area contributed by atoms with Crippen LogP contribution in [0.3, 0.4) is 0 Å². The van der Waals surface area contributed by atoms with Crippen molar-refractivity contribution in [3.05, 3.63) is 0 Å². The van der Waals surface area contributed by atoms with Crippen LogP contribution in [-0.2, 0) is 0 Å². The number of nitrogens with one attached hydrogen (secondary N) is 1. The lowest BCUT2D eigenvalue weighted by molar-refractivity contribution is 0.114. The Morgan fingerprint density at radius 3 is 2.61 bits per heavy atom. The first-order valence-corrected chi connectivity index (χ1v) is 9.14. The third kappa shape index (κ3) is 6.28. The summed E-state index contributed by atoms with van der Waals surface area (Å²) in [5.74, 6) is 0.253. The highest BCUT2D eigenvalue weighted by Crippen LogP contribution is 2.25. The number of rotatable bonds is 7. The van der Waals surface area contributed by atoms with Gasteiger partial charge in [0.15, 0.2) is 0 Å². The van der Waals surface area contributed by atoms with Crippen LogP contribution >= 0.6 is 0 Å². The van der Waals surface area contributed by atoms with E-state index in [9.17, 15) is 9.90 Å². The molecule has 6 nitrogen and oxygen atoms in total. The van der Waals surface area contributed by atoms with Crippen molar-refractivity contribution < 1.29 is 9.90 Å². The molecule has 1 heterocycles. The van der Waals surface area contributed by atoms with Crippen LogP contribution in [-0.4, -0.2) is 91.8 Å². The van der Waals surface area contributed by atoms with Gasteiger partial charge in [0.2, 0.25) is 0 Å². The quantitative estimate of drug-likeness (QED) is 0.680. The number of piperazine rings is 1. The number of aliphatic hydroxyl groups excluding tert-OH is 1. The van der Waals surface area contributed by atoms with E-state index in [2.05, 4.69) is 22.2 Å². The van der Waals surface area contributed by atoms with Gasteiger partial charge < -0.3 is 25.1 Å². The molecule has 1 aliphatic carbocycles. The molecule has 1 aliphatic heterocycles. The summed E-state index contributed by atoms with van der Waals surface area (Å²) in [6, 6.07) is -0.0105. The molecule has 1 saturated carbocycles. The summed E-state index contributed by atoms with van der Waals surface area (Å²) < 4.78 is 0. The molecule has 6 heteroatoms. The van der Waals surface area contributed by atoms with E-state index in [4.69, 9.17) is 0 Å². The van der Waals surface area contributed by atoms with E-state index in [0.29, 0.717) is 6.54 Å². The first-order chi connectivity index (χ1) is 11.1. The summed E-state index contributed by atoms with van der Waals surface area (Å²) in [5.41, 5.74) is 0. The Hall–Kier alpha value is -0.850. The number of nitrogens with zero attached hydrogens (tertiary/aromatic N) is 3. The third-order valence-corrected chi connectivity index (χ3v) is 5.25. The van der Waals surface area contributed by atoms with Crippen molar-refractivity contribution in [2.24, 2.45) is 5.92 Å². The van der Waals surface area contributed by atoms with Gasteiger partial charge in [-0.3, -0.25) is 0 Å². The number of aliphatic hydroxyl groups is 1. The van der Waals surface area contributed by atoms with Gasteiger partial charge in [-0.1, -0.05) is 6.42 Å². The average Bonchev–Trinajstić information content (AvgIpc) is 2.93. The maximum absolute atomic E-state index is 12.1. The lowest BCUT2D eigenvalue weighted by Crippen LogP contribution is -2.45. The molecular weight excluding hydrogens is 292 g/mol. The standard InChI is InChI=1S/C17H34N4O2/c1-19-10-12-21(13-11-19)9-4-3-8-18-17(23)20(2)14-15-6-5-7-16(15)22/h15-16,22H,3-14H2,1-2H3,(H,18,23). The zero-order chi connectivity index (χ0) is 16.7. The molecule has 2 atom stereocenters. The number of hydrogen-bond acceptors (Lipinski definition) is 4. The summed E-state index contributed by atoms with van der Waals surface area (Å²) in [5, 5.41) is 12.8. The van der Waals surface area contributed by atoms with Gasteiger partial charge in [0.1, 0.15) is 0 Å². The number of carbonyl (C=O) groups excluding carboxylic acids is 1. The molecule has 2 fully saturated rings. The Morgan fingerprint density at radius 2 is 1.96 bits per heavy atom. The fourth-order valence-corrected chi connectivity index (χ4v) is 3.53. The van der Waals surface area contributed by atoms with Gasteiger partial charge in [0, 0.05) is 52.2 Å². The Kier molecular flexibility index (Phi) is 7.59. The third-order valence-electron chi connectivity index (χ3n) is 5.25. The summed E-state index contributed by atoms with van der Waals surface area (Å²) >= 11 is 0. The highest BCUT2D eigenvalue weighted by molar-refractivity contribution is 5.73. The minimum atomic E-state index is -0.228. The lowest BCUT2D eigenvalue weighted by Gasteiger charge is -2.32. The Bertz CT molecular complexity index is 359. The van der Waals surface area contributed by atoms with Crippen LogP contribution in [0.4, 0.5) is 4.79 Å². The van der Waals surface area contributed by atoms with E-state index in [-0.39, 0.29) is 18.1 Å². The second kappa shape index (κ2) is 9.45. The van der Waals surface area contributed by atoms with Gasteiger partial charge in [-0.15, -0.1) is 0 Å². The summed E-state index contributed by atoms with van der Waals surface area (Å²) in [6.45, 7) is 7.18. The monoisotopic (exact) mass is 326 g/mol. The molecule has 134 valence electrons. The van der Waals surface area contributed by atoms with Gasteiger partial charge in [-0.2, -0.15) is 0 Å². The predicted octanol–water partition coefficient (Wildman–Crippen LogP) is 0.816. The molecule has 0 aromatic heterocycles. The lowest BCUT2D eigenvalue weighted by atomic mass is 10.1. The van der Waals surface area contributed by atoms with E-state index in [1.54, 1.807) is 4.90 Å². The van der Waals surface area contributed by atoms with Crippen LogP contribution in [0, 0.1) is 5.92 Å². The molecule has 2 aliphatic rings. The first-order valence-electron chi connectivity index (χ1n) is 9.14. The van der Waals surface area contributed by atoms with Crippen LogP contribution in [0.15, 0.2) is 0 Å². The molecule has 2 amide bonds. The topological polar surface area (TPSA) is 59.0 Å². The van der Waals surface area contributed by atoms with E-state index >= 15 is 0 Å². The van der Waals surface area contributed by atoms with Crippen LogP contribution in [0.2, 0.25) is 0 Å². The van der Waals surface area contributed by atoms with Crippen molar-refractivity contribution in [2.75, 3.05) is 59.9 Å². The summed E-state index contributed by atoms with van der Waals surface area (Å²) in [4.78, 5) is 18.7. The van der Waals surface area contributed by atoms with Crippen molar-refractivity contribution in [3.8, 4) is 0 Å². The minimum absolute atomic E-state index is 0.0105. The number of urea groups is 1. The first kappa shape index (κ1) is 18.5. The molecular formula is C17H34N4O2. The molecule has 23 heavy (non-hydrogen) atoms. The Balaban J connectivity index is 1.50. The van der Waals surface area contributed by atoms with Gasteiger partial charge >= 0.3 is 6.03 Å². The smallest absolute Gasteiger partial charge is 0.317 e. The van der Waals surface area contributed by atoms with Gasteiger partial charge in [-0.05, 0) is 39.3 Å². The number of hydrogen-bond donors (Lipinski definition) is 2. The van der Waals surface area contributed by atoms with Gasteiger partial charge in [0.05, 0.1) is 6.10 Å². The zero-order valence-electron chi connectivity index (χ0n) is 14.8. The zero-order valence-corrected chi connectivity index (χ0v) is 14.8. The summed E-state index contributed by atoms with van der Waals surface area (Å²) in [6.07, 6.45) is 4.92. The van der Waals surface area contributed by atoms with Crippen molar-refractivity contribution in [1.82, 2.24) is 20.0 Å². The predicted molar refractivity (Wildman–Crippen MR) is 92.5 cm³/mol. The maximum Gasteiger partial charge on any atom is 0.317 e. The van der Waals surface area contributed by atoms with E-state index in [1.807, 2.05) is 7.05 Å².